The Morgan fingerprint density at radius 2 is 1.63 bits per heavy atom. The van der Waals surface area contributed by atoms with Crippen molar-refractivity contribution < 1.29 is 19.1 Å². The Labute approximate surface area is 158 Å². The Morgan fingerprint density at radius 1 is 0.963 bits per heavy atom. The van der Waals surface area contributed by atoms with Crippen molar-refractivity contribution >= 4 is 23.5 Å². The van der Waals surface area contributed by atoms with E-state index in [2.05, 4.69) is 10.6 Å². The largest absolute Gasteiger partial charge is 0.465 e. The van der Waals surface area contributed by atoms with Crippen LogP contribution in [0.4, 0.5) is 5.69 Å². The summed E-state index contributed by atoms with van der Waals surface area (Å²) in [6, 6.07) is 12.9. The predicted molar refractivity (Wildman–Crippen MR) is 104 cm³/mol. The second kappa shape index (κ2) is 8.98. The Hall–Kier alpha value is -3.15. The number of rotatable bonds is 6. The standard InChI is InChI=1S/C21H24N2O4/c1-13(2)18(23-19(24)15-8-6-5-7-9-15)20(25)22-17-11-10-16(12-14(17)3)21(26)27-4/h5-13,18H,1-4H3,(H,22,25)(H,23,24). The number of benzene rings is 2. The van der Waals surface area contributed by atoms with Gasteiger partial charge in [0.05, 0.1) is 12.7 Å². The van der Waals surface area contributed by atoms with Crippen LogP contribution in [0.5, 0.6) is 0 Å². The third-order valence-corrected chi connectivity index (χ3v) is 4.18. The molecule has 0 bridgehead atoms. The molecule has 27 heavy (non-hydrogen) atoms. The molecule has 0 saturated heterocycles. The fourth-order valence-corrected chi connectivity index (χ4v) is 2.61. The lowest BCUT2D eigenvalue weighted by Crippen LogP contribution is -2.47. The number of carbonyl (C=O) groups is 3. The lowest BCUT2D eigenvalue weighted by atomic mass is 10.0. The molecular formula is C21H24N2O4. The SMILES string of the molecule is COC(=O)c1ccc(NC(=O)C(NC(=O)c2ccccc2)C(C)C)c(C)c1. The molecule has 0 radical (unpaired) electrons. The number of amides is 2. The van der Waals surface area contributed by atoms with Crippen LogP contribution in [0, 0.1) is 12.8 Å². The molecule has 1 atom stereocenters. The second-order valence-electron chi connectivity index (χ2n) is 6.57. The molecule has 0 fully saturated rings. The van der Waals surface area contributed by atoms with Crippen molar-refractivity contribution in [2.45, 2.75) is 26.8 Å². The molecule has 2 aromatic carbocycles. The lowest BCUT2D eigenvalue weighted by Gasteiger charge is -2.22. The molecule has 0 spiro atoms. The molecule has 6 heteroatoms. The van der Waals surface area contributed by atoms with Gasteiger partial charge in [0.25, 0.3) is 5.91 Å². The van der Waals surface area contributed by atoms with E-state index in [1.54, 1.807) is 49.4 Å². The van der Waals surface area contributed by atoms with Crippen LogP contribution in [0.2, 0.25) is 0 Å². The number of esters is 1. The Kier molecular flexibility index (Phi) is 6.71. The highest BCUT2D eigenvalue weighted by Gasteiger charge is 2.25. The normalized spacial score (nSPS) is 11.6. The van der Waals surface area contributed by atoms with Gasteiger partial charge in [0, 0.05) is 11.3 Å². The van der Waals surface area contributed by atoms with Gasteiger partial charge in [0.15, 0.2) is 0 Å². The van der Waals surface area contributed by atoms with Crippen molar-refractivity contribution in [1.29, 1.82) is 0 Å². The zero-order valence-corrected chi connectivity index (χ0v) is 15.9. The number of methoxy groups -OCH3 is 1. The average molecular weight is 368 g/mol. The Bertz CT molecular complexity index is 831. The minimum Gasteiger partial charge on any atom is -0.465 e. The summed E-state index contributed by atoms with van der Waals surface area (Å²) in [6.07, 6.45) is 0. The topological polar surface area (TPSA) is 84.5 Å². The smallest absolute Gasteiger partial charge is 0.337 e. The summed E-state index contributed by atoms with van der Waals surface area (Å²) in [5, 5.41) is 5.61. The van der Waals surface area contributed by atoms with E-state index in [-0.39, 0.29) is 17.7 Å². The zero-order chi connectivity index (χ0) is 20.0. The highest BCUT2D eigenvalue weighted by molar-refractivity contribution is 6.01. The molecule has 2 rings (SSSR count). The van der Waals surface area contributed by atoms with Crippen molar-refractivity contribution in [3.05, 3.63) is 65.2 Å². The molecule has 1 unspecified atom stereocenters. The van der Waals surface area contributed by atoms with Crippen LogP contribution in [0.25, 0.3) is 0 Å². The molecule has 2 amide bonds. The van der Waals surface area contributed by atoms with Gasteiger partial charge in [-0.2, -0.15) is 0 Å². The summed E-state index contributed by atoms with van der Waals surface area (Å²) in [5.41, 5.74) is 2.20. The first kappa shape index (κ1) is 20.2. The fraction of sp³-hybridized carbons (Fsp3) is 0.286. The van der Waals surface area contributed by atoms with E-state index in [9.17, 15) is 14.4 Å². The molecule has 0 aliphatic rings. The first-order valence-electron chi connectivity index (χ1n) is 8.69. The summed E-state index contributed by atoms with van der Waals surface area (Å²) in [5.74, 6) is -1.16. The molecule has 0 aliphatic carbocycles. The third kappa shape index (κ3) is 5.17. The van der Waals surface area contributed by atoms with Crippen molar-refractivity contribution in [2.24, 2.45) is 5.92 Å². The molecule has 0 aromatic heterocycles. The van der Waals surface area contributed by atoms with E-state index in [4.69, 9.17) is 4.74 Å². The number of hydrogen-bond donors (Lipinski definition) is 2. The van der Waals surface area contributed by atoms with E-state index in [0.29, 0.717) is 16.8 Å². The minimum absolute atomic E-state index is 0.104. The van der Waals surface area contributed by atoms with Crippen molar-refractivity contribution in [2.75, 3.05) is 12.4 Å². The van der Waals surface area contributed by atoms with Crippen LogP contribution in [-0.4, -0.2) is 30.9 Å². The summed E-state index contributed by atoms with van der Waals surface area (Å²) >= 11 is 0. The summed E-state index contributed by atoms with van der Waals surface area (Å²) < 4.78 is 4.69. The number of anilines is 1. The molecule has 0 heterocycles. The van der Waals surface area contributed by atoms with Crippen molar-refractivity contribution in [3.8, 4) is 0 Å². The van der Waals surface area contributed by atoms with Crippen LogP contribution in [-0.2, 0) is 9.53 Å². The van der Waals surface area contributed by atoms with E-state index < -0.39 is 12.0 Å². The monoisotopic (exact) mass is 368 g/mol. The van der Waals surface area contributed by atoms with Crippen LogP contribution < -0.4 is 10.6 Å². The van der Waals surface area contributed by atoms with Gasteiger partial charge in [-0.15, -0.1) is 0 Å². The van der Waals surface area contributed by atoms with Crippen LogP contribution in [0.1, 0.15) is 40.1 Å². The zero-order valence-electron chi connectivity index (χ0n) is 15.9. The average Bonchev–Trinajstić information content (AvgIpc) is 2.67. The predicted octanol–water partition coefficient (Wildman–Crippen LogP) is 3.17. The van der Waals surface area contributed by atoms with Gasteiger partial charge in [0.2, 0.25) is 5.91 Å². The third-order valence-electron chi connectivity index (χ3n) is 4.18. The number of nitrogens with one attached hydrogen (secondary N) is 2. The van der Waals surface area contributed by atoms with Crippen molar-refractivity contribution in [3.63, 3.8) is 0 Å². The van der Waals surface area contributed by atoms with E-state index in [1.807, 2.05) is 19.9 Å². The van der Waals surface area contributed by atoms with Gasteiger partial charge in [0.1, 0.15) is 6.04 Å². The number of carbonyl (C=O) groups excluding carboxylic acids is 3. The summed E-state index contributed by atoms with van der Waals surface area (Å²) in [4.78, 5) is 36.7. The van der Waals surface area contributed by atoms with Gasteiger partial charge in [-0.25, -0.2) is 4.79 Å². The molecular weight excluding hydrogens is 344 g/mol. The van der Waals surface area contributed by atoms with Crippen LogP contribution in [0.15, 0.2) is 48.5 Å². The van der Waals surface area contributed by atoms with Gasteiger partial charge in [-0.1, -0.05) is 32.0 Å². The second-order valence-corrected chi connectivity index (χ2v) is 6.57. The molecule has 6 nitrogen and oxygen atoms in total. The fourth-order valence-electron chi connectivity index (χ4n) is 2.61. The Balaban J connectivity index is 2.13. The Morgan fingerprint density at radius 3 is 2.19 bits per heavy atom. The molecule has 142 valence electrons. The maximum atomic E-state index is 12.7. The highest BCUT2D eigenvalue weighted by atomic mass is 16.5. The minimum atomic E-state index is -0.697. The molecule has 0 saturated carbocycles. The quantitative estimate of drug-likeness (QED) is 0.767. The van der Waals surface area contributed by atoms with Gasteiger partial charge in [-0.05, 0) is 48.7 Å². The van der Waals surface area contributed by atoms with E-state index >= 15 is 0 Å². The molecule has 2 N–H and O–H groups in total. The van der Waals surface area contributed by atoms with Gasteiger partial charge in [-0.3, -0.25) is 9.59 Å². The number of ether oxygens (including phenoxy) is 1. The van der Waals surface area contributed by atoms with E-state index in [1.165, 1.54) is 7.11 Å². The van der Waals surface area contributed by atoms with Gasteiger partial charge < -0.3 is 15.4 Å². The highest BCUT2D eigenvalue weighted by Crippen LogP contribution is 2.18. The first-order chi connectivity index (χ1) is 12.8. The summed E-state index contributed by atoms with van der Waals surface area (Å²) in [7, 11) is 1.32. The maximum Gasteiger partial charge on any atom is 0.337 e. The lowest BCUT2D eigenvalue weighted by molar-refractivity contribution is -0.118. The van der Waals surface area contributed by atoms with Crippen molar-refractivity contribution in [1.82, 2.24) is 5.32 Å². The van der Waals surface area contributed by atoms with E-state index in [0.717, 1.165) is 5.56 Å². The molecule has 2 aromatic rings. The number of hydrogen-bond acceptors (Lipinski definition) is 4. The van der Waals surface area contributed by atoms with Crippen LogP contribution >= 0.6 is 0 Å². The summed E-state index contributed by atoms with van der Waals surface area (Å²) in [6.45, 7) is 5.51. The van der Waals surface area contributed by atoms with Gasteiger partial charge >= 0.3 is 5.97 Å². The number of aryl methyl sites for hydroxylation is 1. The maximum absolute atomic E-state index is 12.7. The first-order valence-corrected chi connectivity index (χ1v) is 8.69. The molecule has 0 aliphatic heterocycles. The van der Waals surface area contributed by atoms with Crippen LogP contribution in [0.3, 0.4) is 0 Å².